The van der Waals surface area contributed by atoms with Crippen molar-refractivity contribution in [3.63, 3.8) is 0 Å². The minimum Gasteiger partial charge on any atom is -0.381 e. The van der Waals surface area contributed by atoms with Crippen LogP contribution >= 0.6 is 38.9 Å². The number of carbonyl (C=O) groups is 1. The van der Waals surface area contributed by atoms with Crippen molar-refractivity contribution in [3.8, 4) is 0 Å². The van der Waals surface area contributed by atoms with E-state index in [1.54, 1.807) is 0 Å². The molecule has 0 atom stereocenters. The smallest absolute Gasteiger partial charge is 0.261 e. The molecule has 0 saturated carbocycles. The molecular weight excluding hydrogens is 338 g/mol. The third-order valence-corrected chi connectivity index (χ3v) is 5.81. The Morgan fingerprint density at radius 2 is 2.28 bits per heavy atom. The van der Waals surface area contributed by atoms with Crippen LogP contribution in [0.5, 0.6) is 0 Å². The van der Waals surface area contributed by atoms with E-state index in [9.17, 15) is 4.79 Å². The van der Waals surface area contributed by atoms with Gasteiger partial charge < -0.3 is 10.1 Å². The number of halogens is 2. The first-order valence-corrected chi connectivity index (χ1v) is 7.93. The normalized spacial score (nSPS) is 18.6. The molecule has 0 spiro atoms. The van der Waals surface area contributed by atoms with E-state index in [0.29, 0.717) is 19.1 Å². The summed E-state index contributed by atoms with van der Waals surface area (Å²) in [7, 11) is 0. The molecule has 0 bridgehead atoms. The molecule has 100 valence electrons. The Labute approximate surface area is 124 Å². The maximum atomic E-state index is 12.2. The Kier molecular flexibility index (Phi) is 4.69. The minimum atomic E-state index is -0.318. The number of rotatable bonds is 3. The molecule has 0 aromatic carbocycles. The molecule has 1 aromatic rings. The van der Waals surface area contributed by atoms with Gasteiger partial charge in [0.05, 0.1) is 14.2 Å². The molecule has 0 aliphatic carbocycles. The Balaban J connectivity index is 2.09. The maximum absolute atomic E-state index is 12.2. The lowest BCUT2D eigenvalue weighted by Gasteiger charge is -2.36. The largest absolute Gasteiger partial charge is 0.381 e. The second kappa shape index (κ2) is 5.90. The molecule has 1 saturated heterocycles. The quantitative estimate of drug-likeness (QED) is 0.847. The van der Waals surface area contributed by atoms with Crippen LogP contribution in [0.3, 0.4) is 0 Å². The zero-order valence-electron chi connectivity index (χ0n) is 10.1. The van der Waals surface area contributed by atoms with Gasteiger partial charge in [-0.25, -0.2) is 0 Å². The first-order chi connectivity index (χ1) is 8.56. The molecule has 0 unspecified atom stereocenters. The fraction of sp³-hybridized carbons (Fsp3) is 0.583. The predicted molar refractivity (Wildman–Crippen MR) is 77.7 cm³/mol. The lowest BCUT2D eigenvalue weighted by Crippen LogP contribution is -2.53. The summed E-state index contributed by atoms with van der Waals surface area (Å²) in [6.07, 6.45) is 1.54. The number of aryl methyl sites for hydroxylation is 1. The van der Waals surface area contributed by atoms with E-state index in [2.05, 4.69) is 21.2 Å². The van der Waals surface area contributed by atoms with Crippen LogP contribution in [0.1, 0.15) is 28.1 Å². The summed E-state index contributed by atoms with van der Waals surface area (Å²) in [5, 5.41) is 3.08. The van der Waals surface area contributed by atoms with E-state index in [4.69, 9.17) is 16.3 Å². The SMILES string of the molecule is Cc1cc(C(=O)NC2(CCl)CCOCC2)sc1Br. The lowest BCUT2D eigenvalue weighted by molar-refractivity contribution is 0.0435. The zero-order chi connectivity index (χ0) is 13.2. The molecule has 1 aromatic heterocycles. The molecule has 2 heterocycles. The Morgan fingerprint density at radius 1 is 1.61 bits per heavy atom. The molecule has 1 aliphatic rings. The highest BCUT2D eigenvalue weighted by molar-refractivity contribution is 9.11. The summed E-state index contributed by atoms with van der Waals surface area (Å²) >= 11 is 10.9. The van der Waals surface area contributed by atoms with Gasteiger partial charge >= 0.3 is 0 Å². The molecule has 1 fully saturated rings. The summed E-state index contributed by atoms with van der Waals surface area (Å²) in [6, 6.07) is 1.89. The number of thiophene rings is 1. The van der Waals surface area contributed by atoms with E-state index in [1.165, 1.54) is 11.3 Å². The molecule has 0 radical (unpaired) electrons. The van der Waals surface area contributed by atoms with Crippen LogP contribution in [0, 0.1) is 6.92 Å². The summed E-state index contributed by atoms with van der Waals surface area (Å²) in [6.45, 7) is 3.28. The predicted octanol–water partition coefficient (Wildman–Crippen LogP) is 3.34. The standard InChI is InChI=1S/C12H15BrClNO2S/c1-8-6-9(18-10(8)13)11(16)15-12(7-14)2-4-17-5-3-12/h6H,2-5,7H2,1H3,(H,15,16). The minimum absolute atomic E-state index is 0.0450. The molecule has 3 nitrogen and oxygen atoms in total. The topological polar surface area (TPSA) is 38.3 Å². The zero-order valence-corrected chi connectivity index (χ0v) is 13.3. The summed E-state index contributed by atoms with van der Waals surface area (Å²) in [4.78, 5) is 12.9. The number of amides is 1. The molecule has 2 rings (SSSR count). The molecule has 1 aliphatic heterocycles. The summed E-state index contributed by atoms with van der Waals surface area (Å²) in [5.74, 6) is 0.379. The van der Waals surface area contributed by atoms with Gasteiger partial charge in [-0.15, -0.1) is 22.9 Å². The van der Waals surface area contributed by atoms with Crippen LogP contribution in [0.15, 0.2) is 9.85 Å². The van der Waals surface area contributed by atoms with Crippen LogP contribution in [0.2, 0.25) is 0 Å². The number of ether oxygens (including phenoxy) is 1. The van der Waals surface area contributed by atoms with Crippen molar-refractivity contribution >= 4 is 44.8 Å². The van der Waals surface area contributed by atoms with Crippen LogP contribution < -0.4 is 5.32 Å². The van der Waals surface area contributed by atoms with Gasteiger partial charge in [0.2, 0.25) is 0 Å². The van der Waals surface area contributed by atoms with Crippen LogP contribution in [0.25, 0.3) is 0 Å². The Bertz CT molecular complexity index is 424. The average molecular weight is 353 g/mol. The number of nitrogens with one attached hydrogen (secondary N) is 1. The van der Waals surface area contributed by atoms with Gasteiger partial charge in [0.25, 0.3) is 5.91 Å². The first-order valence-electron chi connectivity index (χ1n) is 5.78. The molecule has 1 amide bonds. The molecular formula is C12H15BrClNO2S. The van der Waals surface area contributed by atoms with Gasteiger partial charge in [-0.3, -0.25) is 4.79 Å². The highest BCUT2D eigenvalue weighted by Gasteiger charge is 2.33. The van der Waals surface area contributed by atoms with Gasteiger partial charge in [-0.05, 0) is 47.3 Å². The Morgan fingerprint density at radius 3 is 2.78 bits per heavy atom. The second-order valence-corrected chi connectivity index (χ2v) is 7.19. The first kappa shape index (κ1) is 14.3. The van der Waals surface area contributed by atoms with Crippen molar-refractivity contribution in [3.05, 3.63) is 20.3 Å². The van der Waals surface area contributed by atoms with Crippen molar-refractivity contribution in [1.29, 1.82) is 0 Å². The van der Waals surface area contributed by atoms with Gasteiger partial charge in [-0.2, -0.15) is 0 Å². The molecule has 6 heteroatoms. The third-order valence-electron chi connectivity index (χ3n) is 3.17. The van der Waals surface area contributed by atoms with E-state index in [1.807, 2.05) is 13.0 Å². The molecule has 18 heavy (non-hydrogen) atoms. The van der Waals surface area contributed by atoms with E-state index >= 15 is 0 Å². The van der Waals surface area contributed by atoms with Crippen molar-refractivity contribution < 1.29 is 9.53 Å². The van der Waals surface area contributed by atoms with Crippen LogP contribution in [-0.2, 0) is 4.74 Å². The monoisotopic (exact) mass is 351 g/mol. The van der Waals surface area contributed by atoms with E-state index in [-0.39, 0.29) is 11.4 Å². The van der Waals surface area contributed by atoms with Gasteiger partial charge in [0, 0.05) is 19.1 Å². The highest BCUT2D eigenvalue weighted by Crippen LogP contribution is 2.29. The maximum Gasteiger partial charge on any atom is 0.261 e. The van der Waals surface area contributed by atoms with Crippen molar-refractivity contribution in [2.75, 3.05) is 19.1 Å². The number of carbonyl (C=O) groups excluding carboxylic acids is 1. The average Bonchev–Trinajstić information content (AvgIpc) is 2.71. The van der Waals surface area contributed by atoms with Gasteiger partial charge in [0.1, 0.15) is 0 Å². The van der Waals surface area contributed by atoms with Crippen molar-refractivity contribution in [2.24, 2.45) is 0 Å². The summed E-state index contributed by atoms with van der Waals surface area (Å²) in [5.41, 5.74) is 0.762. The molecule has 1 N–H and O–H groups in total. The van der Waals surface area contributed by atoms with E-state index in [0.717, 1.165) is 27.1 Å². The number of hydrogen-bond donors (Lipinski definition) is 1. The second-order valence-electron chi connectivity index (χ2n) is 4.55. The fourth-order valence-electron chi connectivity index (χ4n) is 1.93. The number of hydrogen-bond acceptors (Lipinski definition) is 3. The van der Waals surface area contributed by atoms with Gasteiger partial charge in [-0.1, -0.05) is 0 Å². The van der Waals surface area contributed by atoms with E-state index < -0.39 is 0 Å². The number of alkyl halides is 1. The highest BCUT2D eigenvalue weighted by atomic mass is 79.9. The fourth-order valence-corrected chi connectivity index (χ4v) is 3.69. The van der Waals surface area contributed by atoms with Crippen molar-refractivity contribution in [1.82, 2.24) is 5.32 Å². The van der Waals surface area contributed by atoms with Crippen LogP contribution in [0.4, 0.5) is 0 Å². The van der Waals surface area contributed by atoms with Crippen LogP contribution in [-0.4, -0.2) is 30.5 Å². The summed E-state index contributed by atoms with van der Waals surface area (Å²) < 4.78 is 6.32. The lowest BCUT2D eigenvalue weighted by atomic mass is 9.92. The third kappa shape index (κ3) is 3.07. The Hall–Kier alpha value is -0.100. The van der Waals surface area contributed by atoms with Gasteiger partial charge in [0.15, 0.2) is 0 Å². The van der Waals surface area contributed by atoms with Crippen molar-refractivity contribution in [2.45, 2.75) is 25.3 Å².